The van der Waals surface area contributed by atoms with Crippen LogP contribution in [0.3, 0.4) is 0 Å². The van der Waals surface area contributed by atoms with Crippen molar-refractivity contribution in [3.8, 4) is 39.3 Å². The standard InChI is InChI=1S/C50H35N3/c1-3-42(39-22-18-35(19-23-39)34-12-6-5-7-13-34)43(4-2)46-32-33-51-50(52-46)40-24-20-36(21-25-40)37-26-29-41(30-27-37)53-47-17-11-10-16-45(47)49-44-15-9-8-14-38(44)28-31-48(49)53/h3-33H,1-2H2/b43-42-. The van der Waals surface area contributed by atoms with Crippen LogP contribution in [0.15, 0.2) is 201 Å². The number of para-hydroxylation sites is 1. The van der Waals surface area contributed by atoms with Gasteiger partial charge in [-0.1, -0.05) is 165 Å². The van der Waals surface area contributed by atoms with Crippen LogP contribution in [0, 0.1) is 0 Å². The highest BCUT2D eigenvalue weighted by Gasteiger charge is 2.15. The van der Waals surface area contributed by atoms with Crippen LogP contribution in [0.25, 0.3) is 83.1 Å². The molecule has 0 atom stereocenters. The molecule has 0 aliphatic carbocycles. The molecule has 0 aliphatic rings. The third-order valence-corrected chi connectivity index (χ3v) is 10.1. The molecular weight excluding hydrogens is 643 g/mol. The monoisotopic (exact) mass is 677 g/mol. The zero-order valence-electron chi connectivity index (χ0n) is 29.2. The lowest BCUT2D eigenvalue weighted by molar-refractivity contribution is 1.15. The summed E-state index contributed by atoms with van der Waals surface area (Å²) in [6, 6.07) is 59.9. The second kappa shape index (κ2) is 13.6. The lowest BCUT2D eigenvalue weighted by Crippen LogP contribution is -1.96. The number of benzene rings is 7. The summed E-state index contributed by atoms with van der Waals surface area (Å²) in [4.78, 5) is 9.64. The fraction of sp³-hybridized carbons (Fsp3) is 0. The highest BCUT2D eigenvalue weighted by Crippen LogP contribution is 2.37. The highest BCUT2D eigenvalue weighted by atomic mass is 15.0. The number of fused-ring (bicyclic) bond motifs is 5. The first-order valence-corrected chi connectivity index (χ1v) is 17.8. The molecule has 0 saturated carbocycles. The summed E-state index contributed by atoms with van der Waals surface area (Å²) in [5.41, 5.74) is 12.8. The molecule has 0 fully saturated rings. The highest BCUT2D eigenvalue weighted by molar-refractivity contribution is 6.21. The van der Waals surface area contributed by atoms with Gasteiger partial charge in [0.05, 0.1) is 16.7 Å². The summed E-state index contributed by atoms with van der Waals surface area (Å²) in [6.45, 7) is 8.28. The largest absolute Gasteiger partial charge is 0.309 e. The molecule has 0 bridgehead atoms. The Morgan fingerprint density at radius 2 is 1.06 bits per heavy atom. The summed E-state index contributed by atoms with van der Waals surface area (Å²) in [7, 11) is 0. The Hall–Kier alpha value is -7.10. The van der Waals surface area contributed by atoms with E-state index < -0.39 is 0 Å². The van der Waals surface area contributed by atoms with Crippen LogP contribution in [-0.4, -0.2) is 14.5 Å². The molecule has 0 aliphatic heterocycles. The first-order chi connectivity index (χ1) is 26.2. The van der Waals surface area contributed by atoms with Crippen LogP contribution in [0.4, 0.5) is 0 Å². The molecule has 0 N–H and O–H groups in total. The van der Waals surface area contributed by atoms with Crippen LogP contribution in [0.2, 0.25) is 0 Å². The van der Waals surface area contributed by atoms with Gasteiger partial charge in [-0.15, -0.1) is 0 Å². The topological polar surface area (TPSA) is 30.7 Å². The van der Waals surface area contributed by atoms with E-state index in [1.54, 1.807) is 0 Å². The Labute approximate surface area is 309 Å². The van der Waals surface area contributed by atoms with Gasteiger partial charge in [0.25, 0.3) is 0 Å². The van der Waals surface area contributed by atoms with Gasteiger partial charge in [-0.05, 0) is 74.5 Å². The van der Waals surface area contributed by atoms with Crippen molar-refractivity contribution in [2.75, 3.05) is 0 Å². The number of nitrogens with zero attached hydrogens (tertiary/aromatic N) is 3. The molecule has 7 aromatic carbocycles. The number of hydrogen-bond acceptors (Lipinski definition) is 2. The van der Waals surface area contributed by atoms with Gasteiger partial charge < -0.3 is 4.57 Å². The Morgan fingerprint density at radius 1 is 0.472 bits per heavy atom. The van der Waals surface area contributed by atoms with Crippen LogP contribution in [-0.2, 0) is 0 Å². The van der Waals surface area contributed by atoms with Gasteiger partial charge in [-0.2, -0.15) is 0 Å². The summed E-state index contributed by atoms with van der Waals surface area (Å²) in [6.07, 6.45) is 5.53. The number of allylic oxidation sites excluding steroid dienone is 4. The quantitative estimate of drug-likeness (QED) is 0.150. The van der Waals surface area contributed by atoms with Gasteiger partial charge in [0.2, 0.25) is 0 Å². The normalized spacial score (nSPS) is 11.8. The van der Waals surface area contributed by atoms with Gasteiger partial charge in [-0.3, -0.25) is 0 Å². The first kappa shape index (κ1) is 31.9. The van der Waals surface area contributed by atoms with Gasteiger partial charge in [0.1, 0.15) is 0 Å². The van der Waals surface area contributed by atoms with Crippen LogP contribution in [0.5, 0.6) is 0 Å². The van der Waals surface area contributed by atoms with Crippen molar-refractivity contribution in [1.82, 2.24) is 14.5 Å². The van der Waals surface area contributed by atoms with E-state index in [1.165, 1.54) is 43.7 Å². The molecule has 3 heteroatoms. The Morgan fingerprint density at radius 3 is 1.77 bits per heavy atom. The predicted octanol–water partition coefficient (Wildman–Crippen LogP) is 13.0. The van der Waals surface area contributed by atoms with Crippen molar-refractivity contribution in [3.63, 3.8) is 0 Å². The molecule has 9 aromatic rings. The van der Waals surface area contributed by atoms with Gasteiger partial charge >= 0.3 is 0 Å². The predicted molar refractivity (Wildman–Crippen MR) is 224 cm³/mol. The minimum Gasteiger partial charge on any atom is -0.309 e. The van der Waals surface area contributed by atoms with E-state index in [2.05, 4.69) is 180 Å². The van der Waals surface area contributed by atoms with Crippen molar-refractivity contribution in [2.24, 2.45) is 0 Å². The Balaban J connectivity index is 1.01. The Kier molecular flexibility index (Phi) is 8.15. The summed E-state index contributed by atoms with van der Waals surface area (Å²) < 4.78 is 2.37. The van der Waals surface area contributed by atoms with E-state index in [1.807, 2.05) is 30.5 Å². The molecule has 250 valence electrons. The van der Waals surface area contributed by atoms with Crippen molar-refractivity contribution < 1.29 is 0 Å². The number of hydrogen-bond donors (Lipinski definition) is 0. The Bertz CT molecular complexity index is 2820. The zero-order valence-corrected chi connectivity index (χ0v) is 29.2. The van der Waals surface area contributed by atoms with E-state index in [4.69, 9.17) is 4.98 Å². The van der Waals surface area contributed by atoms with Crippen LogP contribution >= 0.6 is 0 Å². The molecule has 0 radical (unpaired) electrons. The second-order valence-electron chi connectivity index (χ2n) is 13.1. The van der Waals surface area contributed by atoms with Gasteiger partial charge in [-0.25, -0.2) is 9.97 Å². The molecule has 0 unspecified atom stereocenters. The molecule has 0 spiro atoms. The maximum absolute atomic E-state index is 4.99. The smallest absolute Gasteiger partial charge is 0.159 e. The summed E-state index contributed by atoms with van der Waals surface area (Å²) in [5.74, 6) is 0.658. The van der Waals surface area contributed by atoms with E-state index in [0.717, 1.165) is 44.8 Å². The van der Waals surface area contributed by atoms with Crippen molar-refractivity contribution in [2.45, 2.75) is 0 Å². The third-order valence-electron chi connectivity index (χ3n) is 10.1. The average molecular weight is 678 g/mol. The molecular formula is C50H35N3. The van der Waals surface area contributed by atoms with E-state index >= 15 is 0 Å². The zero-order chi connectivity index (χ0) is 35.7. The molecule has 3 nitrogen and oxygen atoms in total. The van der Waals surface area contributed by atoms with Crippen LogP contribution < -0.4 is 0 Å². The second-order valence-corrected chi connectivity index (χ2v) is 13.1. The van der Waals surface area contributed by atoms with Crippen molar-refractivity contribution in [1.29, 1.82) is 0 Å². The molecule has 2 aromatic heterocycles. The average Bonchev–Trinajstić information content (AvgIpc) is 3.58. The number of rotatable bonds is 8. The SMILES string of the molecule is C=C/C(=C(\C=C)c1ccnc(-c2ccc(-c3ccc(-n4c5ccccc5c5c6ccccc6ccc54)cc3)cc2)n1)c1ccc(-c2ccccc2)cc1. The van der Waals surface area contributed by atoms with E-state index in [0.29, 0.717) is 5.82 Å². The minimum absolute atomic E-state index is 0.658. The maximum atomic E-state index is 4.99. The van der Waals surface area contributed by atoms with E-state index in [9.17, 15) is 0 Å². The number of aromatic nitrogens is 3. The first-order valence-electron chi connectivity index (χ1n) is 17.8. The van der Waals surface area contributed by atoms with E-state index in [-0.39, 0.29) is 0 Å². The van der Waals surface area contributed by atoms with Crippen molar-refractivity contribution >= 4 is 43.7 Å². The molecule has 2 heterocycles. The van der Waals surface area contributed by atoms with Crippen molar-refractivity contribution in [3.05, 3.63) is 213 Å². The van der Waals surface area contributed by atoms with Gasteiger partial charge in [0.15, 0.2) is 5.82 Å². The third kappa shape index (κ3) is 5.75. The fourth-order valence-corrected chi connectivity index (χ4v) is 7.49. The minimum atomic E-state index is 0.658. The maximum Gasteiger partial charge on any atom is 0.159 e. The summed E-state index contributed by atoms with van der Waals surface area (Å²) >= 11 is 0. The molecule has 0 saturated heterocycles. The lowest BCUT2D eigenvalue weighted by Gasteiger charge is -2.12. The van der Waals surface area contributed by atoms with Gasteiger partial charge in [0, 0.05) is 33.8 Å². The molecule has 0 amide bonds. The molecule has 53 heavy (non-hydrogen) atoms. The van der Waals surface area contributed by atoms with Crippen LogP contribution in [0.1, 0.15) is 11.3 Å². The lowest BCUT2D eigenvalue weighted by atomic mass is 9.95. The molecule has 9 rings (SSSR count). The fourth-order valence-electron chi connectivity index (χ4n) is 7.49. The summed E-state index contributed by atoms with van der Waals surface area (Å²) in [5, 5.41) is 5.08.